The third-order valence-electron chi connectivity index (χ3n) is 3.03. The highest BCUT2D eigenvalue weighted by molar-refractivity contribution is 7.18. The van der Waals surface area contributed by atoms with Crippen LogP contribution in [0.4, 0.5) is 0 Å². The van der Waals surface area contributed by atoms with Gasteiger partial charge in [0.05, 0.1) is 9.21 Å². The van der Waals surface area contributed by atoms with E-state index < -0.39 is 0 Å². The first kappa shape index (κ1) is 13.3. The van der Waals surface area contributed by atoms with Gasteiger partial charge in [-0.25, -0.2) is 0 Å². The molecule has 1 nitrogen and oxygen atoms in total. The molecule has 0 amide bonds. The number of halogens is 1. The fourth-order valence-corrected chi connectivity index (χ4v) is 3.18. The molecular weight excluding hydrogens is 264 g/mol. The van der Waals surface area contributed by atoms with Crippen LogP contribution in [-0.4, -0.2) is 5.78 Å². The Hall–Kier alpha value is -1.12. The molecule has 1 aromatic heterocycles. The van der Waals surface area contributed by atoms with Crippen molar-refractivity contribution in [1.29, 1.82) is 0 Å². The second-order valence-corrected chi connectivity index (χ2v) is 6.30. The van der Waals surface area contributed by atoms with Gasteiger partial charge < -0.3 is 0 Å². The van der Waals surface area contributed by atoms with Crippen LogP contribution in [0.1, 0.15) is 31.9 Å². The molecule has 0 spiro atoms. The molecule has 3 heteroatoms. The molecule has 0 fully saturated rings. The highest BCUT2D eigenvalue weighted by Gasteiger charge is 2.13. The van der Waals surface area contributed by atoms with E-state index in [1.165, 1.54) is 28.0 Å². The van der Waals surface area contributed by atoms with Crippen LogP contribution in [0.3, 0.4) is 0 Å². The standard InChI is InChI=1S/C15H15ClOS/c1-9-6-10(2)12(11(3)7-9)8-13(17)14-4-5-15(16)18-14/h4-7H,8H2,1-3H3. The van der Waals surface area contributed by atoms with Crippen LogP contribution >= 0.6 is 22.9 Å². The van der Waals surface area contributed by atoms with Gasteiger partial charge in [0.1, 0.15) is 0 Å². The highest BCUT2D eigenvalue weighted by Crippen LogP contribution is 2.24. The Morgan fingerprint density at radius 2 is 1.78 bits per heavy atom. The monoisotopic (exact) mass is 278 g/mol. The van der Waals surface area contributed by atoms with Gasteiger partial charge >= 0.3 is 0 Å². The second kappa shape index (κ2) is 5.25. The van der Waals surface area contributed by atoms with Crippen molar-refractivity contribution in [1.82, 2.24) is 0 Å². The van der Waals surface area contributed by atoms with E-state index in [4.69, 9.17) is 11.6 Å². The van der Waals surface area contributed by atoms with Crippen LogP contribution in [0.2, 0.25) is 4.34 Å². The zero-order valence-corrected chi connectivity index (χ0v) is 12.3. The molecule has 1 heterocycles. The van der Waals surface area contributed by atoms with E-state index in [0.29, 0.717) is 10.8 Å². The third kappa shape index (κ3) is 2.82. The molecule has 0 unspecified atom stereocenters. The molecule has 2 aromatic rings. The zero-order valence-electron chi connectivity index (χ0n) is 10.7. The van der Waals surface area contributed by atoms with Crippen molar-refractivity contribution in [2.75, 3.05) is 0 Å². The highest BCUT2D eigenvalue weighted by atomic mass is 35.5. The Morgan fingerprint density at radius 1 is 1.17 bits per heavy atom. The largest absolute Gasteiger partial charge is 0.293 e. The average molecular weight is 279 g/mol. The maximum Gasteiger partial charge on any atom is 0.177 e. The minimum Gasteiger partial charge on any atom is -0.293 e. The first-order valence-corrected chi connectivity index (χ1v) is 7.02. The summed E-state index contributed by atoms with van der Waals surface area (Å²) in [4.78, 5) is 12.9. The zero-order chi connectivity index (χ0) is 13.3. The maximum absolute atomic E-state index is 12.2. The van der Waals surface area contributed by atoms with Gasteiger partial charge in [0.15, 0.2) is 5.78 Å². The van der Waals surface area contributed by atoms with Crippen LogP contribution < -0.4 is 0 Å². The van der Waals surface area contributed by atoms with E-state index in [2.05, 4.69) is 32.9 Å². The SMILES string of the molecule is Cc1cc(C)c(CC(=O)c2ccc(Cl)s2)c(C)c1. The topological polar surface area (TPSA) is 17.1 Å². The Morgan fingerprint density at radius 3 is 2.28 bits per heavy atom. The molecule has 0 radical (unpaired) electrons. The molecule has 0 bridgehead atoms. The average Bonchev–Trinajstić information content (AvgIpc) is 2.70. The van der Waals surface area contributed by atoms with Crippen LogP contribution in [-0.2, 0) is 6.42 Å². The summed E-state index contributed by atoms with van der Waals surface area (Å²) in [6.45, 7) is 6.19. The molecule has 0 aliphatic rings. The van der Waals surface area contributed by atoms with Crippen molar-refractivity contribution in [3.63, 3.8) is 0 Å². The van der Waals surface area contributed by atoms with Crippen molar-refractivity contribution in [2.24, 2.45) is 0 Å². The molecule has 0 N–H and O–H groups in total. The summed E-state index contributed by atoms with van der Waals surface area (Å²) in [5, 5.41) is 0. The third-order valence-corrected chi connectivity index (χ3v) is 4.30. The minimum absolute atomic E-state index is 0.141. The van der Waals surface area contributed by atoms with E-state index in [9.17, 15) is 4.79 Å². The van der Waals surface area contributed by atoms with E-state index in [0.717, 1.165) is 10.4 Å². The van der Waals surface area contributed by atoms with Gasteiger partial charge in [-0.1, -0.05) is 29.3 Å². The van der Waals surface area contributed by atoms with Crippen molar-refractivity contribution in [3.8, 4) is 0 Å². The normalized spacial score (nSPS) is 10.7. The summed E-state index contributed by atoms with van der Waals surface area (Å²) in [7, 11) is 0. The van der Waals surface area contributed by atoms with E-state index in [1.807, 2.05) is 0 Å². The number of benzene rings is 1. The Labute approximate surface area is 116 Å². The summed E-state index contributed by atoms with van der Waals surface area (Å²) in [5.41, 5.74) is 4.74. The van der Waals surface area contributed by atoms with Gasteiger partial charge in [-0.3, -0.25) is 4.79 Å². The van der Waals surface area contributed by atoms with Crippen LogP contribution in [0, 0.1) is 20.8 Å². The lowest BCUT2D eigenvalue weighted by atomic mass is 9.95. The van der Waals surface area contributed by atoms with Gasteiger partial charge in [-0.2, -0.15) is 0 Å². The number of carbonyl (C=O) groups excluding carboxylic acids is 1. The van der Waals surface area contributed by atoms with Crippen molar-refractivity contribution >= 4 is 28.7 Å². The van der Waals surface area contributed by atoms with Gasteiger partial charge in [0.25, 0.3) is 0 Å². The number of hydrogen-bond acceptors (Lipinski definition) is 2. The molecule has 0 aliphatic carbocycles. The van der Waals surface area contributed by atoms with E-state index in [-0.39, 0.29) is 5.78 Å². The molecule has 0 saturated carbocycles. The summed E-state index contributed by atoms with van der Waals surface area (Å²) >= 11 is 7.20. The lowest BCUT2D eigenvalue weighted by Gasteiger charge is -2.10. The Balaban J connectivity index is 2.27. The lowest BCUT2D eigenvalue weighted by Crippen LogP contribution is -2.05. The van der Waals surface area contributed by atoms with Crippen molar-refractivity contribution in [2.45, 2.75) is 27.2 Å². The summed E-state index contributed by atoms with van der Waals surface area (Å²) in [5.74, 6) is 0.141. The first-order valence-electron chi connectivity index (χ1n) is 5.82. The fourth-order valence-electron chi connectivity index (χ4n) is 2.20. The van der Waals surface area contributed by atoms with Crippen LogP contribution in [0.25, 0.3) is 0 Å². The predicted molar refractivity (Wildman–Crippen MR) is 78.0 cm³/mol. The van der Waals surface area contributed by atoms with Crippen LogP contribution in [0.15, 0.2) is 24.3 Å². The number of thiophene rings is 1. The van der Waals surface area contributed by atoms with Gasteiger partial charge in [0, 0.05) is 6.42 Å². The second-order valence-electron chi connectivity index (χ2n) is 4.58. The number of carbonyl (C=O) groups is 1. The smallest absolute Gasteiger partial charge is 0.177 e. The number of hydrogen-bond donors (Lipinski definition) is 0. The number of Topliss-reactive ketones (excluding diaryl/α,β-unsaturated/α-hetero) is 1. The number of rotatable bonds is 3. The maximum atomic E-state index is 12.2. The van der Waals surface area contributed by atoms with Crippen LogP contribution in [0.5, 0.6) is 0 Å². The fraction of sp³-hybridized carbons (Fsp3) is 0.267. The summed E-state index contributed by atoms with van der Waals surface area (Å²) in [6, 6.07) is 7.82. The summed E-state index contributed by atoms with van der Waals surface area (Å²) < 4.78 is 0.663. The molecule has 18 heavy (non-hydrogen) atoms. The van der Waals surface area contributed by atoms with Crippen molar-refractivity contribution in [3.05, 3.63) is 55.7 Å². The molecular formula is C15H15ClOS. The van der Waals surface area contributed by atoms with Gasteiger partial charge in [-0.05, 0) is 49.6 Å². The Kier molecular flexibility index (Phi) is 3.88. The molecule has 1 aromatic carbocycles. The minimum atomic E-state index is 0.141. The van der Waals surface area contributed by atoms with Gasteiger partial charge in [-0.15, -0.1) is 11.3 Å². The predicted octanol–water partition coefficient (Wildman–Crippen LogP) is 4.75. The molecule has 94 valence electrons. The number of ketones is 1. The van der Waals surface area contributed by atoms with Crippen molar-refractivity contribution < 1.29 is 4.79 Å². The van der Waals surface area contributed by atoms with E-state index >= 15 is 0 Å². The van der Waals surface area contributed by atoms with E-state index in [1.54, 1.807) is 12.1 Å². The molecule has 0 saturated heterocycles. The molecule has 0 atom stereocenters. The quantitative estimate of drug-likeness (QED) is 0.740. The molecule has 2 rings (SSSR count). The number of aryl methyl sites for hydroxylation is 3. The summed E-state index contributed by atoms with van der Waals surface area (Å²) in [6.07, 6.45) is 0.453. The van der Waals surface area contributed by atoms with Gasteiger partial charge in [0.2, 0.25) is 0 Å². The first-order chi connectivity index (χ1) is 8.47. The molecule has 0 aliphatic heterocycles. The lowest BCUT2D eigenvalue weighted by molar-refractivity contribution is 0.0996. The Bertz CT molecular complexity index is 575.